The first-order chi connectivity index (χ1) is 8.84. The van der Waals surface area contributed by atoms with Crippen LogP contribution in [0.2, 0.25) is 5.15 Å². The summed E-state index contributed by atoms with van der Waals surface area (Å²) in [7, 11) is 0. The van der Waals surface area contributed by atoms with E-state index in [1.165, 1.54) is 38.5 Å². The van der Waals surface area contributed by atoms with E-state index in [9.17, 15) is 0 Å². The van der Waals surface area contributed by atoms with Gasteiger partial charge in [0, 0.05) is 18.8 Å². The zero-order chi connectivity index (χ0) is 12.4. The first-order valence-electron chi connectivity index (χ1n) is 6.69. The Morgan fingerprint density at radius 2 is 1.94 bits per heavy atom. The monoisotopic (exact) mass is 264 g/mol. The average molecular weight is 265 g/mol. The third-order valence-electron chi connectivity index (χ3n) is 3.80. The molecule has 0 spiro atoms. The average Bonchev–Trinajstić information content (AvgIpc) is 2.61. The van der Waals surface area contributed by atoms with Gasteiger partial charge in [0.1, 0.15) is 5.82 Å². The van der Waals surface area contributed by atoms with Gasteiger partial charge in [0.2, 0.25) is 0 Å². The standard InChI is InChI=1S/C13H17ClN4/c14-12-13-17-16-11(18(13)8-7-15-12)9-10-5-3-1-2-4-6-10/h7-8,10H,1-6,9H2. The highest BCUT2D eigenvalue weighted by molar-refractivity contribution is 6.32. The van der Waals surface area contributed by atoms with Crippen LogP contribution in [0.5, 0.6) is 0 Å². The van der Waals surface area contributed by atoms with E-state index >= 15 is 0 Å². The highest BCUT2D eigenvalue weighted by Gasteiger charge is 2.17. The Hall–Kier alpha value is -1.16. The molecule has 1 aliphatic carbocycles. The van der Waals surface area contributed by atoms with Crippen molar-refractivity contribution in [3.8, 4) is 0 Å². The van der Waals surface area contributed by atoms with Gasteiger partial charge in [-0.3, -0.25) is 4.40 Å². The lowest BCUT2D eigenvalue weighted by molar-refractivity contribution is 0.446. The minimum Gasteiger partial charge on any atom is -0.282 e. The van der Waals surface area contributed by atoms with Crippen molar-refractivity contribution in [1.29, 1.82) is 0 Å². The first kappa shape index (κ1) is 11.9. The molecule has 0 radical (unpaired) electrons. The van der Waals surface area contributed by atoms with Crippen molar-refractivity contribution in [2.75, 3.05) is 0 Å². The van der Waals surface area contributed by atoms with E-state index in [4.69, 9.17) is 11.6 Å². The van der Waals surface area contributed by atoms with Gasteiger partial charge >= 0.3 is 0 Å². The fraction of sp³-hybridized carbons (Fsp3) is 0.615. The van der Waals surface area contributed by atoms with Crippen LogP contribution in [0.4, 0.5) is 0 Å². The van der Waals surface area contributed by atoms with Crippen LogP contribution in [0.25, 0.3) is 5.65 Å². The number of fused-ring (bicyclic) bond motifs is 1. The van der Waals surface area contributed by atoms with Crippen LogP contribution in [-0.4, -0.2) is 19.6 Å². The second-order valence-corrected chi connectivity index (χ2v) is 5.45. The molecule has 3 rings (SSSR count). The quantitative estimate of drug-likeness (QED) is 0.782. The van der Waals surface area contributed by atoms with Gasteiger partial charge in [-0.05, 0) is 5.92 Å². The largest absolute Gasteiger partial charge is 0.282 e. The minimum atomic E-state index is 0.428. The third-order valence-corrected chi connectivity index (χ3v) is 4.07. The minimum absolute atomic E-state index is 0.428. The van der Waals surface area contributed by atoms with Gasteiger partial charge in [-0.2, -0.15) is 0 Å². The van der Waals surface area contributed by atoms with Crippen molar-refractivity contribution < 1.29 is 0 Å². The molecule has 5 heteroatoms. The van der Waals surface area contributed by atoms with E-state index in [0.717, 1.165) is 18.2 Å². The molecule has 1 saturated carbocycles. The lowest BCUT2D eigenvalue weighted by Crippen LogP contribution is -2.06. The molecule has 4 nitrogen and oxygen atoms in total. The second-order valence-electron chi connectivity index (χ2n) is 5.09. The number of hydrogen-bond acceptors (Lipinski definition) is 3. The number of rotatable bonds is 2. The van der Waals surface area contributed by atoms with Crippen molar-refractivity contribution in [2.24, 2.45) is 5.92 Å². The van der Waals surface area contributed by atoms with Crippen LogP contribution in [0.3, 0.4) is 0 Å². The summed E-state index contributed by atoms with van der Waals surface area (Å²) in [5.74, 6) is 1.76. The molecule has 1 fully saturated rings. The van der Waals surface area contributed by atoms with Crippen molar-refractivity contribution in [2.45, 2.75) is 44.9 Å². The van der Waals surface area contributed by atoms with Crippen LogP contribution in [0, 0.1) is 5.92 Å². The van der Waals surface area contributed by atoms with Gasteiger partial charge in [-0.15, -0.1) is 10.2 Å². The molecule has 0 amide bonds. The lowest BCUT2D eigenvalue weighted by Gasteiger charge is -2.12. The molecule has 0 bridgehead atoms. The first-order valence-corrected chi connectivity index (χ1v) is 7.06. The van der Waals surface area contributed by atoms with Gasteiger partial charge in [0.25, 0.3) is 0 Å². The fourth-order valence-corrected chi connectivity index (χ4v) is 2.99. The Balaban J connectivity index is 1.83. The number of hydrogen-bond donors (Lipinski definition) is 0. The molecule has 96 valence electrons. The molecular weight excluding hydrogens is 248 g/mol. The van der Waals surface area contributed by atoms with E-state index in [1.807, 2.05) is 10.6 Å². The van der Waals surface area contributed by atoms with Gasteiger partial charge in [-0.1, -0.05) is 50.1 Å². The maximum absolute atomic E-state index is 6.00. The van der Waals surface area contributed by atoms with Gasteiger partial charge < -0.3 is 0 Å². The Labute approximate surface area is 111 Å². The van der Waals surface area contributed by atoms with E-state index < -0.39 is 0 Å². The topological polar surface area (TPSA) is 43.1 Å². The lowest BCUT2D eigenvalue weighted by atomic mass is 9.96. The summed E-state index contributed by atoms with van der Waals surface area (Å²) in [6, 6.07) is 0. The molecule has 2 heterocycles. The second kappa shape index (κ2) is 5.22. The highest BCUT2D eigenvalue weighted by Crippen LogP contribution is 2.26. The summed E-state index contributed by atoms with van der Waals surface area (Å²) < 4.78 is 1.97. The molecular formula is C13H17ClN4. The molecule has 2 aromatic heterocycles. The zero-order valence-electron chi connectivity index (χ0n) is 10.3. The third kappa shape index (κ3) is 2.34. The number of aromatic nitrogens is 4. The van der Waals surface area contributed by atoms with Crippen LogP contribution in [0.15, 0.2) is 12.4 Å². The summed E-state index contributed by atoms with van der Waals surface area (Å²) >= 11 is 6.00. The van der Waals surface area contributed by atoms with Crippen LogP contribution < -0.4 is 0 Å². The van der Waals surface area contributed by atoms with E-state index in [0.29, 0.717) is 10.8 Å². The molecule has 0 aromatic carbocycles. The summed E-state index contributed by atoms with van der Waals surface area (Å²) in [5.41, 5.74) is 0.669. The zero-order valence-corrected chi connectivity index (χ0v) is 11.1. The van der Waals surface area contributed by atoms with Crippen LogP contribution >= 0.6 is 11.6 Å². The SMILES string of the molecule is Clc1nccn2c(CC3CCCCCC3)nnc12. The molecule has 0 atom stereocenters. The van der Waals surface area contributed by atoms with E-state index in [1.54, 1.807) is 6.20 Å². The van der Waals surface area contributed by atoms with E-state index in [-0.39, 0.29) is 0 Å². The summed E-state index contributed by atoms with van der Waals surface area (Å²) in [5, 5.41) is 8.82. The van der Waals surface area contributed by atoms with Crippen molar-refractivity contribution in [1.82, 2.24) is 19.6 Å². The molecule has 0 aliphatic heterocycles. The predicted molar refractivity (Wildman–Crippen MR) is 70.7 cm³/mol. The van der Waals surface area contributed by atoms with Crippen molar-refractivity contribution in [3.05, 3.63) is 23.4 Å². The van der Waals surface area contributed by atoms with Crippen LogP contribution in [0.1, 0.15) is 44.3 Å². The summed E-state index contributed by atoms with van der Waals surface area (Å²) in [4.78, 5) is 4.02. The van der Waals surface area contributed by atoms with Crippen molar-refractivity contribution in [3.63, 3.8) is 0 Å². The van der Waals surface area contributed by atoms with Gasteiger partial charge in [0.15, 0.2) is 10.8 Å². The van der Waals surface area contributed by atoms with E-state index in [2.05, 4.69) is 15.2 Å². The Kier molecular flexibility index (Phi) is 3.46. The Bertz CT molecular complexity index is 529. The Morgan fingerprint density at radius 3 is 2.72 bits per heavy atom. The number of halogens is 1. The smallest absolute Gasteiger partial charge is 0.198 e. The molecule has 18 heavy (non-hydrogen) atoms. The fourth-order valence-electron chi connectivity index (χ4n) is 2.81. The van der Waals surface area contributed by atoms with Crippen LogP contribution in [-0.2, 0) is 6.42 Å². The van der Waals surface area contributed by atoms with Gasteiger partial charge in [0.05, 0.1) is 0 Å². The normalized spacial score (nSPS) is 18.1. The van der Waals surface area contributed by atoms with Gasteiger partial charge in [-0.25, -0.2) is 4.98 Å². The molecule has 0 saturated heterocycles. The molecule has 1 aliphatic rings. The molecule has 0 unspecified atom stereocenters. The predicted octanol–water partition coefficient (Wildman–Crippen LogP) is 3.29. The summed E-state index contributed by atoms with van der Waals surface area (Å²) in [6.45, 7) is 0. The maximum Gasteiger partial charge on any atom is 0.198 e. The molecule has 2 aromatic rings. The number of nitrogens with zero attached hydrogens (tertiary/aromatic N) is 4. The van der Waals surface area contributed by atoms with Crippen molar-refractivity contribution >= 4 is 17.2 Å². The summed E-state index contributed by atoms with van der Waals surface area (Å²) in [6.07, 6.45) is 12.7. The maximum atomic E-state index is 6.00. The highest BCUT2D eigenvalue weighted by atomic mass is 35.5. The molecule has 0 N–H and O–H groups in total. The Morgan fingerprint density at radius 1 is 1.17 bits per heavy atom.